The Hall–Kier alpha value is -0.850. The van der Waals surface area contributed by atoms with E-state index in [2.05, 4.69) is 30.9 Å². The van der Waals surface area contributed by atoms with Gasteiger partial charge < -0.3 is 5.11 Å². The molecule has 0 aromatic carbocycles. The molecule has 1 unspecified atom stereocenters. The molecule has 2 rings (SSSR count). The summed E-state index contributed by atoms with van der Waals surface area (Å²) in [6.45, 7) is 0. The summed E-state index contributed by atoms with van der Waals surface area (Å²) < 4.78 is 0.661. The van der Waals surface area contributed by atoms with Crippen molar-refractivity contribution >= 4 is 27.3 Å². The molecule has 2 aromatic heterocycles. The van der Waals surface area contributed by atoms with Crippen molar-refractivity contribution < 1.29 is 5.11 Å². The predicted octanol–water partition coefficient (Wildman–Crippen LogP) is 1.78. The smallest absolute Gasteiger partial charge is 0.133 e. The van der Waals surface area contributed by atoms with E-state index in [-0.39, 0.29) is 0 Å². The number of hydrogen-bond donors (Lipinski definition) is 1. The number of halogens is 1. The summed E-state index contributed by atoms with van der Waals surface area (Å²) >= 11 is 4.64. The highest BCUT2D eigenvalue weighted by molar-refractivity contribution is 9.10. The molecule has 72 valence electrons. The Morgan fingerprint density at radius 3 is 2.86 bits per heavy atom. The molecule has 0 aliphatic carbocycles. The summed E-state index contributed by atoms with van der Waals surface area (Å²) in [5, 5.41) is 9.91. The molecule has 0 fully saturated rings. The third-order valence-corrected chi connectivity index (χ3v) is 3.46. The molecule has 0 aliphatic heterocycles. The Morgan fingerprint density at radius 2 is 2.29 bits per heavy atom. The highest BCUT2D eigenvalue weighted by Crippen LogP contribution is 2.29. The van der Waals surface area contributed by atoms with Crippen molar-refractivity contribution in [2.45, 2.75) is 6.10 Å². The zero-order chi connectivity index (χ0) is 9.97. The lowest BCUT2D eigenvalue weighted by molar-refractivity contribution is 0.218. The monoisotopic (exact) mass is 271 g/mol. The average Bonchev–Trinajstić information content (AvgIpc) is 2.65. The number of nitrogens with zero attached hydrogens (tertiary/aromatic N) is 3. The molecule has 0 saturated carbocycles. The zero-order valence-electron chi connectivity index (χ0n) is 6.96. The number of hydrogen-bond acceptors (Lipinski definition) is 5. The number of rotatable bonds is 2. The molecule has 4 nitrogen and oxygen atoms in total. The number of thiazole rings is 1. The van der Waals surface area contributed by atoms with Crippen LogP contribution in [-0.2, 0) is 0 Å². The van der Waals surface area contributed by atoms with Gasteiger partial charge in [0.15, 0.2) is 0 Å². The molecule has 2 aromatic rings. The summed E-state index contributed by atoms with van der Waals surface area (Å²) in [7, 11) is 0. The normalized spacial score (nSPS) is 12.7. The van der Waals surface area contributed by atoms with Crippen LogP contribution in [-0.4, -0.2) is 20.1 Å². The number of aliphatic hydroxyl groups excluding tert-OH is 1. The minimum atomic E-state index is -0.736. The topological polar surface area (TPSA) is 58.9 Å². The van der Waals surface area contributed by atoms with Crippen LogP contribution in [0, 0.1) is 0 Å². The van der Waals surface area contributed by atoms with Crippen LogP contribution in [0.3, 0.4) is 0 Å². The molecule has 0 saturated heterocycles. The summed E-state index contributed by atoms with van der Waals surface area (Å²) in [5.74, 6) is 0. The summed E-state index contributed by atoms with van der Waals surface area (Å²) in [6, 6.07) is 1.68. The predicted molar refractivity (Wildman–Crippen MR) is 55.9 cm³/mol. The first-order chi connectivity index (χ1) is 6.79. The van der Waals surface area contributed by atoms with Crippen LogP contribution >= 0.6 is 27.3 Å². The Labute approximate surface area is 92.8 Å². The molecular formula is C8H6BrN3OS. The fourth-order valence-corrected chi connectivity index (χ4v) is 2.42. The van der Waals surface area contributed by atoms with E-state index < -0.39 is 6.10 Å². The van der Waals surface area contributed by atoms with Gasteiger partial charge in [-0.2, -0.15) is 0 Å². The van der Waals surface area contributed by atoms with Crippen molar-refractivity contribution in [1.82, 2.24) is 15.0 Å². The lowest BCUT2D eigenvalue weighted by Crippen LogP contribution is -2.00. The molecule has 6 heteroatoms. The summed E-state index contributed by atoms with van der Waals surface area (Å²) in [4.78, 5) is 12.5. The standard InChI is InChI=1S/C8H6BrN3OS/c9-8-7(14-4-12-8)6(13)5-1-2-10-3-11-5/h1-4,6,13H. The molecule has 14 heavy (non-hydrogen) atoms. The van der Waals surface area contributed by atoms with E-state index in [1.807, 2.05) is 0 Å². The van der Waals surface area contributed by atoms with Crippen molar-refractivity contribution in [3.8, 4) is 0 Å². The maximum absolute atomic E-state index is 9.91. The number of aromatic nitrogens is 3. The van der Waals surface area contributed by atoms with Crippen molar-refractivity contribution in [1.29, 1.82) is 0 Å². The van der Waals surface area contributed by atoms with E-state index in [1.165, 1.54) is 17.7 Å². The first-order valence-electron chi connectivity index (χ1n) is 3.82. The molecule has 0 bridgehead atoms. The largest absolute Gasteiger partial charge is 0.381 e. The van der Waals surface area contributed by atoms with Gasteiger partial charge in [0.05, 0.1) is 16.1 Å². The van der Waals surface area contributed by atoms with Crippen LogP contribution < -0.4 is 0 Å². The van der Waals surface area contributed by atoms with E-state index in [0.717, 1.165) is 4.88 Å². The SMILES string of the molecule is OC(c1ccncn1)c1scnc1Br. The maximum atomic E-state index is 9.91. The van der Waals surface area contributed by atoms with Gasteiger partial charge in [-0.3, -0.25) is 0 Å². The van der Waals surface area contributed by atoms with Crippen LogP contribution in [0.5, 0.6) is 0 Å². The lowest BCUT2D eigenvalue weighted by atomic mass is 10.2. The molecule has 0 aliphatic rings. The highest BCUT2D eigenvalue weighted by atomic mass is 79.9. The molecular weight excluding hydrogens is 266 g/mol. The van der Waals surface area contributed by atoms with Crippen LogP contribution in [0.2, 0.25) is 0 Å². The third-order valence-electron chi connectivity index (χ3n) is 1.68. The van der Waals surface area contributed by atoms with Gasteiger partial charge in [0.25, 0.3) is 0 Å². The molecule has 1 N–H and O–H groups in total. The molecule has 2 heterocycles. The van der Waals surface area contributed by atoms with Crippen molar-refractivity contribution in [3.63, 3.8) is 0 Å². The van der Waals surface area contributed by atoms with Gasteiger partial charge in [0.1, 0.15) is 17.0 Å². The molecule has 1 atom stereocenters. The number of aliphatic hydroxyl groups is 1. The van der Waals surface area contributed by atoms with E-state index in [1.54, 1.807) is 17.8 Å². The molecule has 0 spiro atoms. The molecule has 0 amide bonds. The fraction of sp³-hybridized carbons (Fsp3) is 0.125. The van der Waals surface area contributed by atoms with Gasteiger partial charge in [-0.05, 0) is 22.0 Å². The average molecular weight is 272 g/mol. The van der Waals surface area contributed by atoms with Gasteiger partial charge in [-0.25, -0.2) is 15.0 Å². The summed E-state index contributed by atoms with van der Waals surface area (Å²) in [6.07, 6.45) is 2.27. The maximum Gasteiger partial charge on any atom is 0.133 e. The van der Waals surface area contributed by atoms with Gasteiger partial charge in [0.2, 0.25) is 0 Å². The van der Waals surface area contributed by atoms with Crippen LogP contribution in [0.15, 0.2) is 28.7 Å². The highest BCUT2D eigenvalue weighted by Gasteiger charge is 2.16. The lowest BCUT2D eigenvalue weighted by Gasteiger charge is -2.06. The van der Waals surface area contributed by atoms with Crippen LogP contribution in [0.4, 0.5) is 0 Å². The third kappa shape index (κ3) is 1.82. The Balaban J connectivity index is 2.34. The minimum Gasteiger partial charge on any atom is -0.381 e. The van der Waals surface area contributed by atoms with Crippen LogP contribution in [0.1, 0.15) is 16.7 Å². The van der Waals surface area contributed by atoms with Gasteiger partial charge in [-0.15, -0.1) is 11.3 Å². The van der Waals surface area contributed by atoms with Gasteiger partial charge >= 0.3 is 0 Å². The van der Waals surface area contributed by atoms with Gasteiger partial charge in [0, 0.05) is 6.20 Å². The minimum absolute atomic E-state index is 0.574. The van der Waals surface area contributed by atoms with Gasteiger partial charge in [-0.1, -0.05) is 0 Å². The Bertz CT molecular complexity index is 420. The first-order valence-corrected chi connectivity index (χ1v) is 5.49. The first kappa shape index (κ1) is 9.70. The second kappa shape index (κ2) is 4.12. The zero-order valence-corrected chi connectivity index (χ0v) is 9.36. The molecule has 0 radical (unpaired) electrons. The second-order valence-electron chi connectivity index (χ2n) is 2.54. The Morgan fingerprint density at radius 1 is 1.43 bits per heavy atom. The second-order valence-corrected chi connectivity index (χ2v) is 4.18. The Kier molecular flexibility index (Phi) is 2.85. The van der Waals surface area contributed by atoms with E-state index in [9.17, 15) is 5.11 Å². The van der Waals surface area contributed by atoms with E-state index >= 15 is 0 Å². The van der Waals surface area contributed by atoms with Crippen LogP contribution in [0.25, 0.3) is 0 Å². The van der Waals surface area contributed by atoms with Crippen molar-refractivity contribution in [3.05, 3.63) is 39.3 Å². The fourth-order valence-electron chi connectivity index (χ4n) is 1.02. The quantitative estimate of drug-likeness (QED) is 0.905. The van der Waals surface area contributed by atoms with Crippen molar-refractivity contribution in [2.75, 3.05) is 0 Å². The van der Waals surface area contributed by atoms with E-state index in [4.69, 9.17) is 0 Å². The van der Waals surface area contributed by atoms with E-state index in [0.29, 0.717) is 10.3 Å². The van der Waals surface area contributed by atoms with Crippen molar-refractivity contribution in [2.24, 2.45) is 0 Å². The summed E-state index contributed by atoms with van der Waals surface area (Å²) in [5.41, 5.74) is 2.24.